The summed E-state index contributed by atoms with van der Waals surface area (Å²) in [6.45, 7) is 13.6. The monoisotopic (exact) mass is 461 g/mol. The number of methoxy groups -OCH3 is 1. The van der Waals surface area contributed by atoms with Crippen LogP contribution in [0, 0.1) is 0 Å². The molecule has 33 heavy (non-hydrogen) atoms. The molecule has 1 amide bonds. The van der Waals surface area contributed by atoms with E-state index in [9.17, 15) is 9.59 Å². The molecule has 1 aromatic carbocycles. The van der Waals surface area contributed by atoms with Crippen molar-refractivity contribution in [1.82, 2.24) is 9.80 Å². The van der Waals surface area contributed by atoms with Crippen LogP contribution in [0.1, 0.15) is 58.9 Å². The molecule has 2 fully saturated rings. The van der Waals surface area contributed by atoms with Crippen LogP contribution in [0.2, 0.25) is 0 Å². The van der Waals surface area contributed by atoms with Crippen molar-refractivity contribution in [2.45, 2.75) is 64.5 Å². The Morgan fingerprint density at radius 1 is 1.06 bits per heavy atom. The minimum atomic E-state index is -0.806. The Labute approximate surface area is 197 Å². The minimum Gasteiger partial charge on any atom is -0.492 e. The third-order valence-electron chi connectivity index (χ3n) is 5.87. The minimum absolute atomic E-state index is 0.239. The number of ether oxygens (including phenoxy) is 3. The Bertz CT molecular complexity index is 837. The molecule has 0 atom stereocenters. The van der Waals surface area contributed by atoms with Gasteiger partial charge in [0.05, 0.1) is 7.11 Å². The average molecular weight is 462 g/mol. The van der Waals surface area contributed by atoms with Gasteiger partial charge in [0, 0.05) is 38.4 Å². The van der Waals surface area contributed by atoms with Crippen LogP contribution < -0.4 is 10.1 Å². The molecule has 1 saturated carbocycles. The highest BCUT2D eigenvalue weighted by atomic mass is 16.6. The predicted octanol–water partition coefficient (Wildman–Crippen LogP) is 3.86. The molecule has 1 N–H and O–H groups in total. The molecule has 184 valence electrons. The summed E-state index contributed by atoms with van der Waals surface area (Å²) in [5.74, 6) is 1.12. The number of amides is 1. The normalized spacial score (nSPS) is 17.5. The first kappa shape index (κ1) is 25.1. The van der Waals surface area contributed by atoms with E-state index in [-0.39, 0.29) is 12.1 Å². The number of hydrogen-bond donors (Lipinski definition) is 1. The summed E-state index contributed by atoms with van der Waals surface area (Å²) in [5.41, 5.74) is 0.800. The third kappa shape index (κ3) is 7.25. The molecule has 3 rings (SSSR count). The highest BCUT2D eigenvalue weighted by Crippen LogP contribution is 2.45. The van der Waals surface area contributed by atoms with Crippen molar-refractivity contribution in [1.29, 1.82) is 0 Å². The lowest BCUT2D eigenvalue weighted by molar-refractivity contribution is -0.144. The summed E-state index contributed by atoms with van der Waals surface area (Å²) in [4.78, 5) is 28.3. The zero-order valence-corrected chi connectivity index (χ0v) is 20.9. The van der Waals surface area contributed by atoms with E-state index < -0.39 is 11.1 Å². The molecule has 8 nitrogen and oxygen atoms in total. The summed E-state index contributed by atoms with van der Waals surface area (Å²) in [7, 11) is 1.40. The van der Waals surface area contributed by atoms with Crippen molar-refractivity contribution in [2.24, 2.45) is 0 Å². The number of hydrogen-bond acceptors (Lipinski definition) is 7. The molecule has 8 heteroatoms. The molecule has 0 radical (unpaired) electrons. The summed E-state index contributed by atoms with van der Waals surface area (Å²) in [6.07, 6.45) is 2.08. The standard InChI is InChI=1S/C25H39N3O5/c1-24(2,3)33-23(30)28-13-11-27(12-14-28)15-16-32-21-10-9-19(17-20(21)18-7-8-18)26-25(4,5)22(29)31-6/h9-10,17-18,26H,7-8,11-16H2,1-6H3. The van der Waals surface area contributed by atoms with E-state index >= 15 is 0 Å². The lowest BCUT2D eigenvalue weighted by atomic mass is 10.0. The number of carbonyl (C=O) groups is 2. The lowest BCUT2D eigenvalue weighted by Crippen LogP contribution is -2.50. The topological polar surface area (TPSA) is 80.3 Å². The van der Waals surface area contributed by atoms with Gasteiger partial charge in [0.15, 0.2) is 0 Å². The number of benzene rings is 1. The van der Waals surface area contributed by atoms with Gasteiger partial charge in [0.25, 0.3) is 0 Å². The zero-order valence-electron chi connectivity index (χ0n) is 20.9. The van der Waals surface area contributed by atoms with Crippen molar-refractivity contribution in [3.63, 3.8) is 0 Å². The van der Waals surface area contributed by atoms with Crippen LogP contribution in [0.5, 0.6) is 5.75 Å². The number of carbonyl (C=O) groups excluding carboxylic acids is 2. The fourth-order valence-electron chi connectivity index (χ4n) is 3.90. The van der Waals surface area contributed by atoms with Gasteiger partial charge in [-0.05, 0) is 77.1 Å². The van der Waals surface area contributed by atoms with E-state index in [0.717, 1.165) is 43.9 Å². The highest BCUT2D eigenvalue weighted by molar-refractivity contribution is 5.83. The Morgan fingerprint density at radius 2 is 1.73 bits per heavy atom. The van der Waals surface area contributed by atoms with Gasteiger partial charge in [-0.3, -0.25) is 4.90 Å². The maximum Gasteiger partial charge on any atom is 0.410 e. The second kappa shape index (κ2) is 10.2. The number of nitrogens with one attached hydrogen (secondary N) is 1. The van der Waals surface area contributed by atoms with E-state index in [0.29, 0.717) is 25.6 Å². The van der Waals surface area contributed by atoms with Crippen LogP contribution in [0.4, 0.5) is 10.5 Å². The molecular weight excluding hydrogens is 422 g/mol. The van der Waals surface area contributed by atoms with Crippen molar-refractivity contribution in [3.05, 3.63) is 23.8 Å². The maximum atomic E-state index is 12.2. The first-order valence-electron chi connectivity index (χ1n) is 11.8. The van der Waals surface area contributed by atoms with Gasteiger partial charge in [0.1, 0.15) is 23.5 Å². The smallest absolute Gasteiger partial charge is 0.410 e. The zero-order chi connectivity index (χ0) is 24.2. The molecule has 0 bridgehead atoms. The van der Waals surface area contributed by atoms with E-state index in [1.54, 1.807) is 4.90 Å². The first-order valence-corrected chi connectivity index (χ1v) is 11.8. The number of piperazine rings is 1. The summed E-state index contributed by atoms with van der Waals surface area (Å²) in [6, 6.07) is 6.03. The van der Waals surface area contributed by atoms with Gasteiger partial charge in [-0.2, -0.15) is 0 Å². The van der Waals surface area contributed by atoms with Crippen LogP contribution in [0.15, 0.2) is 18.2 Å². The second-order valence-corrected chi connectivity index (χ2v) is 10.4. The number of nitrogens with zero attached hydrogens (tertiary/aromatic N) is 2. The maximum absolute atomic E-state index is 12.2. The van der Waals surface area contributed by atoms with Gasteiger partial charge in [-0.1, -0.05) is 0 Å². The Morgan fingerprint density at radius 3 is 2.30 bits per heavy atom. The van der Waals surface area contributed by atoms with Crippen LogP contribution in [-0.2, 0) is 14.3 Å². The molecule has 1 aromatic rings. The van der Waals surface area contributed by atoms with Crippen molar-refractivity contribution in [3.8, 4) is 5.75 Å². The van der Waals surface area contributed by atoms with E-state index in [2.05, 4.69) is 16.3 Å². The molecule has 1 saturated heterocycles. The van der Waals surface area contributed by atoms with Crippen molar-refractivity contribution < 1.29 is 23.8 Å². The van der Waals surface area contributed by atoms with Crippen LogP contribution >= 0.6 is 0 Å². The summed E-state index contributed by atoms with van der Waals surface area (Å²) in [5, 5.41) is 3.27. The Kier molecular flexibility index (Phi) is 7.77. The van der Waals surface area contributed by atoms with Crippen LogP contribution in [0.25, 0.3) is 0 Å². The highest BCUT2D eigenvalue weighted by Gasteiger charge is 2.31. The largest absolute Gasteiger partial charge is 0.492 e. The molecule has 0 unspecified atom stereocenters. The van der Waals surface area contributed by atoms with E-state index in [1.165, 1.54) is 12.7 Å². The quantitative estimate of drug-likeness (QED) is 0.589. The predicted molar refractivity (Wildman–Crippen MR) is 128 cm³/mol. The average Bonchev–Trinajstić information content (AvgIpc) is 3.58. The summed E-state index contributed by atoms with van der Waals surface area (Å²) < 4.78 is 16.5. The van der Waals surface area contributed by atoms with Gasteiger partial charge in [-0.15, -0.1) is 0 Å². The van der Waals surface area contributed by atoms with Gasteiger partial charge in [0.2, 0.25) is 0 Å². The van der Waals surface area contributed by atoms with E-state index in [1.807, 2.05) is 46.8 Å². The van der Waals surface area contributed by atoms with Crippen molar-refractivity contribution in [2.75, 3.05) is 51.8 Å². The molecule has 2 aliphatic rings. The number of esters is 1. The van der Waals surface area contributed by atoms with Gasteiger partial charge >= 0.3 is 12.1 Å². The fourth-order valence-corrected chi connectivity index (χ4v) is 3.90. The molecule has 1 heterocycles. The third-order valence-corrected chi connectivity index (χ3v) is 5.87. The number of rotatable bonds is 8. The number of anilines is 1. The molecule has 0 aromatic heterocycles. The van der Waals surface area contributed by atoms with Crippen LogP contribution in [-0.4, -0.2) is 79.4 Å². The van der Waals surface area contributed by atoms with E-state index in [4.69, 9.17) is 14.2 Å². The molecule has 1 aliphatic heterocycles. The van der Waals surface area contributed by atoms with Crippen LogP contribution in [0.3, 0.4) is 0 Å². The SMILES string of the molecule is COC(=O)C(C)(C)Nc1ccc(OCCN2CCN(C(=O)OC(C)(C)C)CC2)c(C2CC2)c1. The van der Waals surface area contributed by atoms with Gasteiger partial charge < -0.3 is 24.4 Å². The fraction of sp³-hybridized carbons (Fsp3) is 0.680. The summed E-state index contributed by atoms with van der Waals surface area (Å²) >= 11 is 0. The molecule has 1 aliphatic carbocycles. The Balaban J connectivity index is 1.50. The van der Waals surface area contributed by atoms with Crippen molar-refractivity contribution >= 4 is 17.7 Å². The first-order chi connectivity index (χ1) is 15.5. The lowest BCUT2D eigenvalue weighted by Gasteiger charge is -2.35. The van der Waals surface area contributed by atoms with Gasteiger partial charge in [-0.25, -0.2) is 9.59 Å². The molecule has 0 spiro atoms. The molecular formula is C25H39N3O5. The second-order valence-electron chi connectivity index (χ2n) is 10.4. The Hall–Kier alpha value is -2.48.